The summed E-state index contributed by atoms with van der Waals surface area (Å²) in [6.45, 7) is 13.6. The summed E-state index contributed by atoms with van der Waals surface area (Å²) in [5, 5.41) is 3.17. The van der Waals surface area contributed by atoms with Crippen molar-refractivity contribution in [1.82, 2.24) is 9.55 Å². The number of aryl methyl sites for hydroxylation is 1. The van der Waals surface area contributed by atoms with E-state index >= 15 is 0 Å². The summed E-state index contributed by atoms with van der Waals surface area (Å²) in [4.78, 5) is 21.8. The van der Waals surface area contributed by atoms with E-state index in [2.05, 4.69) is 96.0 Å². The lowest BCUT2D eigenvalue weighted by Crippen LogP contribution is -2.30. The van der Waals surface area contributed by atoms with Crippen LogP contribution in [-0.2, 0) is 21.8 Å². The van der Waals surface area contributed by atoms with Gasteiger partial charge in [-0.2, -0.15) is 0 Å². The number of benzene rings is 3. The Bertz CT molecular complexity index is 1650. The standard InChI is InChI=1S/C41H52N4O3S/c1-5-7-24-47-25-26-48-37-15-10-32(11-16-37)33-12-19-39-35(27-33)28-34(9-8-22-45(39)29-31(3)4)41(46)43-36-13-17-38(18-14-36)49-30-40-42-20-23-44(40)21-6-2/h10-20,23,27-28,31H,5-9,21-22,24-26,29-30H2,1-4H3,(H,43,46). The van der Waals surface area contributed by atoms with Gasteiger partial charge in [0, 0.05) is 60.5 Å². The molecule has 260 valence electrons. The van der Waals surface area contributed by atoms with Crippen molar-refractivity contribution >= 4 is 35.1 Å². The fourth-order valence-corrected chi connectivity index (χ4v) is 6.88. The lowest BCUT2D eigenvalue weighted by Gasteiger charge is -2.30. The maximum atomic E-state index is 13.7. The SMILES string of the molecule is CCCCOCCOc1ccc(-c2ccc3c(c2)C=C(C(=O)Nc2ccc(SCc4nccn4CCC)cc2)CCCN3CC(C)C)cc1. The van der Waals surface area contributed by atoms with Crippen LogP contribution in [0.5, 0.6) is 5.75 Å². The minimum absolute atomic E-state index is 0.0455. The fraction of sp³-hybridized carbons (Fsp3) is 0.415. The number of amides is 1. The van der Waals surface area contributed by atoms with Gasteiger partial charge in [-0.05, 0) is 103 Å². The minimum Gasteiger partial charge on any atom is -0.491 e. The summed E-state index contributed by atoms with van der Waals surface area (Å²) in [6.07, 6.45) is 10.9. The molecule has 1 amide bonds. The van der Waals surface area contributed by atoms with E-state index in [0.29, 0.717) is 19.1 Å². The van der Waals surface area contributed by atoms with Crippen molar-refractivity contribution in [3.05, 3.63) is 96.1 Å². The first-order valence-electron chi connectivity index (χ1n) is 17.9. The molecular weight excluding hydrogens is 629 g/mol. The Kier molecular flexibility index (Phi) is 13.8. The molecule has 8 heteroatoms. The highest BCUT2D eigenvalue weighted by molar-refractivity contribution is 7.98. The normalized spacial score (nSPS) is 13.1. The number of anilines is 2. The van der Waals surface area contributed by atoms with Gasteiger partial charge in [0.25, 0.3) is 5.91 Å². The molecule has 0 bridgehead atoms. The van der Waals surface area contributed by atoms with Crippen LogP contribution in [0.25, 0.3) is 17.2 Å². The number of fused-ring (bicyclic) bond motifs is 1. The molecule has 1 aromatic heterocycles. The number of hydrogen-bond acceptors (Lipinski definition) is 6. The van der Waals surface area contributed by atoms with E-state index in [4.69, 9.17) is 9.47 Å². The molecule has 4 aromatic rings. The lowest BCUT2D eigenvalue weighted by atomic mass is 9.96. The van der Waals surface area contributed by atoms with Crippen LogP contribution >= 0.6 is 11.8 Å². The molecule has 1 N–H and O–H groups in total. The highest BCUT2D eigenvalue weighted by Gasteiger charge is 2.19. The van der Waals surface area contributed by atoms with Crippen molar-refractivity contribution in [1.29, 1.82) is 0 Å². The number of nitrogens with zero attached hydrogens (tertiary/aromatic N) is 3. The molecule has 0 saturated heterocycles. The topological polar surface area (TPSA) is 68.6 Å². The third-order valence-electron chi connectivity index (χ3n) is 8.52. The quantitative estimate of drug-likeness (QED) is 0.0885. The molecule has 49 heavy (non-hydrogen) atoms. The Morgan fingerprint density at radius 2 is 1.76 bits per heavy atom. The van der Waals surface area contributed by atoms with Crippen molar-refractivity contribution < 1.29 is 14.3 Å². The molecular formula is C41H52N4O3S. The second-order valence-corrected chi connectivity index (χ2v) is 14.1. The zero-order valence-corrected chi connectivity index (χ0v) is 30.4. The average Bonchev–Trinajstić information content (AvgIpc) is 3.54. The number of rotatable bonds is 17. The third-order valence-corrected chi connectivity index (χ3v) is 9.53. The van der Waals surface area contributed by atoms with Crippen LogP contribution in [0.15, 0.2) is 89.6 Å². The Hall–Kier alpha value is -4.01. The van der Waals surface area contributed by atoms with E-state index in [1.807, 2.05) is 36.7 Å². The van der Waals surface area contributed by atoms with Crippen LogP contribution in [-0.4, -0.2) is 48.4 Å². The summed E-state index contributed by atoms with van der Waals surface area (Å²) < 4.78 is 13.7. The van der Waals surface area contributed by atoms with E-state index in [9.17, 15) is 4.79 Å². The van der Waals surface area contributed by atoms with E-state index in [1.54, 1.807) is 11.8 Å². The summed E-state index contributed by atoms with van der Waals surface area (Å²) in [6, 6.07) is 23.0. The van der Waals surface area contributed by atoms with Crippen molar-refractivity contribution in [2.45, 2.75) is 77.0 Å². The molecule has 0 radical (unpaired) electrons. The zero-order valence-electron chi connectivity index (χ0n) is 29.6. The number of nitrogens with one attached hydrogen (secondary N) is 1. The first-order valence-corrected chi connectivity index (χ1v) is 18.9. The van der Waals surface area contributed by atoms with Gasteiger partial charge in [0.15, 0.2) is 0 Å². The number of imidazole rings is 1. The van der Waals surface area contributed by atoms with Crippen molar-refractivity contribution in [3.8, 4) is 16.9 Å². The molecule has 0 aliphatic carbocycles. The van der Waals surface area contributed by atoms with Gasteiger partial charge < -0.3 is 24.3 Å². The Labute approximate surface area is 297 Å². The minimum atomic E-state index is -0.0455. The largest absolute Gasteiger partial charge is 0.491 e. The van der Waals surface area contributed by atoms with E-state index in [-0.39, 0.29) is 5.91 Å². The Morgan fingerprint density at radius 1 is 0.959 bits per heavy atom. The van der Waals surface area contributed by atoms with Gasteiger partial charge >= 0.3 is 0 Å². The molecule has 0 atom stereocenters. The second-order valence-electron chi connectivity index (χ2n) is 13.0. The van der Waals surface area contributed by atoms with E-state index in [0.717, 1.165) is 109 Å². The molecule has 0 unspecified atom stereocenters. The van der Waals surface area contributed by atoms with Gasteiger partial charge in [0.2, 0.25) is 0 Å². The molecule has 0 spiro atoms. The number of carbonyl (C=O) groups is 1. The van der Waals surface area contributed by atoms with Crippen molar-refractivity contribution in [3.63, 3.8) is 0 Å². The van der Waals surface area contributed by atoms with Gasteiger partial charge in [0.1, 0.15) is 18.2 Å². The molecule has 0 fully saturated rings. The van der Waals surface area contributed by atoms with Crippen LogP contribution < -0.4 is 15.0 Å². The smallest absolute Gasteiger partial charge is 0.251 e. The summed E-state index contributed by atoms with van der Waals surface area (Å²) in [5.41, 5.74) is 6.06. The van der Waals surface area contributed by atoms with Crippen LogP contribution in [0.2, 0.25) is 0 Å². The molecule has 2 heterocycles. The monoisotopic (exact) mass is 680 g/mol. The highest BCUT2D eigenvalue weighted by Crippen LogP contribution is 2.33. The zero-order chi connectivity index (χ0) is 34.4. The number of aromatic nitrogens is 2. The number of carbonyl (C=O) groups excluding carboxylic acids is 1. The fourth-order valence-electron chi connectivity index (χ4n) is 6.02. The van der Waals surface area contributed by atoms with Gasteiger partial charge in [-0.1, -0.05) is 52.3 Å². The number of ether oxygens (including phenoxy) is 2. The Morgan fingerprint density at radius 3 is 2.51 bits per heavy atom. The van der Waals surface area contributed by atoms with Gasteiger partial charge in [0.05, 0.1) is 12.4 Å². The maximum absolute atomic E-state index is 13.7. The summed E-state index contributed by atoms with van der Waals surface area (Å²) in [5.74, 6) is 3.22. The molecule has 0 saturated carbocycles. The van der Waals surface area contributed by atoms with Crippen LogP contribution in [0.4, 0.5) is 11.4 Å². The first kappa shape index (κ1) is 36.3. The van der Waals surface area contributed by atoms with Crippen LogP contribution in [0.1, 0.15) is 71.2 Å². The average molecular weight is 681 g/mol. The summed E-state index contributed by atoms with van der Waals surface area (Å²) in [7, 11) is 0. The number of thioether (sulfide) groups is 1. The molecule has 3 aromatic carbocycles. The second kappa shape index (κ2) is 18.7. The van der Waals surface area contributed by atoms with Gasteiger partial charge in [-0.3, -0.25) is 4.79 Å². The predicted molar refractivity (Wildman–Crippen MR) is 205 cm³/mol. The lowest BCUT2D eigenvalue weighted by molar-refractivity contribution is -0.112. The van der Waals surface area contributed by atoms with Gasteiger partial charge in [-0.15, -0.1) is 11.8 Å². The molecule has 1 aliphatic heterocycles. The van der Waals surface area contributed by atoms with Crippen LogP contribution in [0, 0.1) is 5.92 Å². The van der Waals surface area contributed by atoms with Crippen molar-refractivity contribution in [2.24, 2.45) is 5.92 Å². The van der Waals surface area contributed by atoms with E-state index in [1.165, 1.54) is 5.69 Å². The molecule has 7 nitrogen and oxygen atoms in total. The van der Waals surface area contributed by atoms with Crippen LogP contribution in [0.3, 0.4) is 0 Å². The third kappa shape index (κ3) is 10.7. The number of hydrogen-bond donors (Lipinski definition) is 1. The van der Waals surface area contributed by atoms with E-state index < -0.39 is 0 Å². The molecule has 1 aliphatic rings. The molecule has 5 rings (SSSR count). The Balaban J connectivity index is 1.28. The highest BCUT2D eigenvalue weighted by atomic mass is 32.2. The number of unbranched alkanes of at least 4 members (excludes halogenated alkanes) is 1. The first-order chi connectivity index (χ1) is 23.9. The van der Waals surface area contributed by atoms with Gasteiger partial charge in [-0.25, -0.2) is 4.98 Å². The predicted octanol–water partition coefficient (Wildman–Crippen LogP) is 9.73. The van der Waals surface area contributed by atoms with Crippen molar-refractivity contribution in [2.75, 3.05) is 43.1 Å². The maximum Gasteiger partial charge on any atom is 0.251 e. The summed E-state index contributed by atoms with van der Waals surface area (Å²) >= 11 is 1.76.